The van der Waals surface area contributed by atoms with Crippen LogP contribution in [-0.2, 0) is 0 Å². The highest BCUT2D eigenvalue weighted by Gasteiger charge is 2.24. The van der Waals surface area contributed by atoms with Crippen LogP contribution in [0.4, 0.5) is 5.82 Å². The fourth-order valence-corrected chi connectivity index (χ4v) is 2.29. The number of H-pyrrole nitrogens is 1. The summed E-state index contributed by atoms with van der Waals surface area (Å²) in [5.74, 6) is 0.992. The third-order valence-electron chi connectivity index (χ3n) is 3.18. The Hall–Kier alpha value is -1.56. The number of amides is 1. The minimum atomic E-state index is -0.0227. The minimum absolute atomic E-state index is 0.0227. The molecule has 0 saturated carbocycles. The summed E-state index contributed by atoms with van der Waals surface area (Å²) in [6.45, 7) is 8.90. The van der Waals surface area contributed by atoms with E-state index >= 15 is 0 Å². The lowest BCUT2D eigenvalue weighted by atomic mass is 10.2. The molecular weight excluding hydrogens is 230 g/mol. The molecule has 0 bridgehead atoms. The van der Waals surface area contributed by atoms with Crippen molar-refractivity contribution in [1.82, 2.24) is 20.0 Å². The molecule has 1 saturated heterocycles. The second kappa shape index (κ2) is 5.39. The fourth-order valence-electron chi connectivity index (χ4n) is 2.29. The lowest BCUT2D eigenvalue weighted by Crippen LogP contribution is -2.49. The number of rotatable bonds is 3. The van der Waals surface area contributed by atoms with E-state index in [9.17, 15) is 4.79 Å². The zero-order valence-corrected chi connectivity index (χ0v) is 11.0. The molecule has 100 valence electrons. The maximum atomic E-state index is 12.2. The van der Waals surface area contributed by atoms with Gasteiger partial charge in [0, 0.05) is 32.7 Å². The van der Waals surface area contributed by atoms with E-state index in [1.165, 1.54) is 6.20 Å². The monoisotopic (exact) mass is 251 g/mol. The Kier molecular flexibility index (Phi) is 3.86. The molecule has 1 amide bonds. The second-order valence-electron chi connectivity index (χ2n) is 5.18. The molecule has 0 aliphatic carbocycles. The average Bonchev–Trinajstić information content (AvgIpc) is 2.75. The fraction of sp³-hybridized carbons (Fsp3) is 0.667. The van der Waals surface area contributed by atoms with Crippen molar-refractivity contribution in [3.8, 4) is 0 Å². The summed E-state index contributed by atoms with van der Waals surface area (Å²) in [5.41, 5.74) is 6.14. The van der Waals surface area contributed by atoms with Gasteiger partial charge in [0.1, 0.15) is 11.4 Å². The first kappa shape index (κ1) is 12.9. The molecule has 0 aromatic carbocycles. The SMILES string of the molecule is CC(C)CN1CCN(C(=O)c2cn[nH]c2N)CC1. The van der Waals surface area contributed by atoms with Crippen LogP contribution in [0, 0.1) is 5.92 Å². The van der Waals surface area contributed by atoms with Gasteiger partial charge < -0.3 is 10.6 Å². The van der Waals surface area contributed by atoms with Crippen LogP contribution in [0.3, 0.4) is 0 Å². The van der Waals surface area contributed by atoms with Gasteiger partial charge in [0.05, 0.1) is 6.20 Å². The molecule has 0 spiro atoms. The highest BCUT2D eigenvalue weighted by molar-refractivity contribution is 5.98. The Labute approximate surface area is 107 Å². The van der Waals surface area contributed by atoms with E-state index in [-0.39, 0.29) is 5.91 Å². The van der Waals surface area contributed by atoms with Gasteiger partial charge in [0.15, 0.2) is 0 Å². The van der Waals surface area contributed by atoms with Crippen molar-refractivity contribution in [1.29, 1.82) is 0 Å². The largest absolute Gasteiger partial charge is 0.383 e. The Morgan fingerprint density at radius 3 is 2.61 bits per heavy atom. The molecule has 6 nitrogen and oxygen atoms in total. The number of aromatic amines is 1. The molecular formula is C12H21N5O. The van der Waals surface area contributed by atoms with Gasteiger partial charge >= 0.3 is 0 Å². The smallest absolute Gasteiger partial charge is 0.259 e. The first-order chi connectivity index (χ1) is 8.58. The predicted molar refractivity (Wildman–Crippen MR) is 70.2 cm³/mol. The molecule has 1 aromatic rings. The summed E-state index contributed by atoms with van der Waals surface area (Å²) >= 11 is 0. The molecule has 1 fully saturated rings. The van der Waals surface area contributed by atoms with Gasteiger partial charge in [-0.1, -0.05) is 13.8 Å². The molecule has 0 radical (unpaired) electrons. The molecule has 3 N–H and O–H groups in total. The topological polar surface area (TPSA) is 78.2 Å². The van der Waals surface area contributed by atoms with Crippen LogP contribution in [-0.4, -0.2) is 58.6 Å². The summed E-state index contributed by atoms with van der Waals surface area (Å²) < 4.78 is 0. The van der Waals surface area contributed by atoms with E-state index in [2.05, 4.69) is 28.9 Å². The Bertz CT molecular complexity index is 406. The molecule has 1 aliphatic heterocycles. The van der Waals surface area contributed by atoms with Crippen molar-refractivity contribution in [3.05, 3.63) is 11.8 Å². The van der Waals surface area contributed by atoms with Gasteiger partial charge in [-0.2, -0.15) is 5.10 Å². The number of piperazine rings is 1. The standard InChI is InChI=1S/C12H21N5O/c1-9(2)8-16-3-5-17(6-4-16)12(18)10-7-14-15-11(10)13/h7,9H,3-6,8H2,1-2H3,(H3,13,14,15). The molecule has 1 aromatic heterocycles. The van der Waals surface area contributed by atoms with Gasteiger partial charge in [-0.25, -0.2) is 0 Å². The molecule has 0 unspecified atom stereocenters. The molecule has 0 atom stereocenters. The predicted octanol–water partition coefficient (Wildman–Crippen LogP) is 0.406. The van der Waals surface area contributed by atoms with Gasteiger partial charge in [0.2, 0.25) is 0 Å². The van der Waals surface area contributed by atoms with Crippen LogP contribution in [0.2, 0.25) is 0 Å². The average molecular weight is 251 g/mol. The first-order valence-corrected chi connectivity index (χ1v) is 6.38. The molecule has 2 rings (SSSR count). The zero-order chi connectivity index (χ0) is 13.1. The zero-order valence-electron chi connectivity index (χ0n) is 11.0. The van der Waals surface area contributed by atoms with Gasteiger partial charge in [-0.05, 0) is 5.92 Å². The number of aromatic nitrogens is 2. The van der Waals surface area contributed by atoms with Crippen LogP contribution in [0.15, 0.2) is 6.20 Å². The number of carbonyl (C=O) groups excluding carboxylic acids is 1. The van der Waals surface area contributed by atoms with Crippen molar-refractivity contribution in [2.75, 3.05) is 38.5 Å². The number of anilines is 1. The molecule has 1 aliphatic rings. The minimum Gasteiger partial charge on any atom is -0.383 e. The van der Waals surface area contributed by atoms with E-state index in [0.717, 1.165) is 32.7 Å². The van der Waals surface area contributed by atoms with Crippen LogP contribution < -0.4 is 5.73 Å². The first-order valence-electron chi connectivity index (χ1n) is 6.38. The summed E-state index contributed by atoms with van der Waals surface area (Å²) in [7, 11) is 0. The third-order valence-corrected chi connectivity index (χ3v) is 3.18. The van der Waals surface area contributed by atoms with Crippen LogP contribution >= 0.6 is 0 Å². The van der Waals surface area contributed by atoms with Gasteiger partial charge in [0.25, 0.3) is 5.91 Å². The summed E-state index contributed by atoms with van der Waals surface area (Å²) in [6, 6.07) is 0. The van der Waals surface area contributed by atoms with Crippen molar-refractivity contribution >= 4 is 11.7 Å². The molecule has 18 heavy (non-hydrogen) atoms. The van der Waals surface area contributed by atoms with E-state index in [1.54, 1.807) is 0 Å². The number of nitrogen functional groups attached to an aromatic ring is 1. The lowest BCUT2D eigenvalue weighted by Gasteiger charge is -2.35. The summed E-state index contributed by atoms with van der Waals surface area (Å²) in [5, 5.41) is 6.38. The Morgan fingerprint density at radius 2 is 2.11 bits per heavy atom. The van der Waals surface area contributed by atoms with E-state index < -0.39 is 0 Å². The highest BCUT2D eigenvalue weighted by Crippen LogP contribution is 2.13. The normalized spacial score (nSPS) is 17.4. The second-order valence-corrected chi connectivity index (χ2v) is 5.18. The number of nitrogens with one attached hydrogen (secondary N) is 1. The third kappa shape index (κ3) is 2.81. The maximum Gasteiger partial charge on any atom is 0.259 e. The number of nitrogens with zero attached hydrogens (tertiary/aromatic N) is 3. The van der Waals surface area contributed by atoms with Gasteiger partial charge in [-0.15, -0.1) is 0 Å². The number of nitrogens with two attached hydrogens (primary N) is 1. The van der Waals surface area contributed by atoms with Crippen LogP contribution in [0.5, 0.6) is 0 Å². The quantitative estimate of drug-likeness (QED) is 0.815. The van der Waals surface area contributed by atoms with Crippen molar-refractivity contribution < 1.29 is 4.79 Å². The van der Waals surface area contributed by atoms with Gasteiger partial charge in [-0.3, -0.25) is 14.8 Å². The van der Waals surface area contributed by atoms with E-state index in [0.29, 0.717) is 17.3 Å². The number of hydrogen-bond donors (Lipinski definition) is 2. The van der Waals surface area contributed by atoms with Crippen molar-refractivity contribution in [2.24, 2.45) is 5.92 Å². The van der Waals surface area contributed by atoms with Crippen molar-refractivity contribution in [3.63, 3.8) is 0 Å². The molecule has 6 heteroatoms. The lowest BCUT2D eigenvalue weighted by molar-refractivity contribution is 0.0625. The summed E-state index contributed by atoms with van der Waals surface area (Å²) in [4.78, 5) is 16.4. The Balaban J connectivity index is 1.90. The number of carbonyl (C=O) groups is 1. The molecule has 2 heterocycles. The van der Waals surface area contributed by atoms with E-state index in [4.69, 9.17) is 5.73 Å². The maximum absolute atomic E-state index is 12.2. The van der Waals surface area contributed by atoms with Crippen LogP contribution in [0.25, 0.3) is 0 Å². The number of hydrogen-bond acceptors (Lipinski definition) is 4. The van der Waals surface area contributed by atoms with E-state index in [1.807, 2.05) is 4.90 Å². The van der Waals surface area contributed by atoms with Crippen molar-refractivity contribution in [2.45, 2.75) is 13.8 Å². The Morgan fingerprint density at radius 1 is 1.44 bits per heavy atom. The van der Waals surface area contributed by atoms with Crippen LogP contribution in [0.1, 0.15) is 24.2 Å². The highest BCUT2D eigenvalue weighted by atomic mass is 16.2. The summed E-state index contributed by atoms with van der Waals surface area (Å²) in [6.07, 6.45) is 1.50.